The molecule has 0 aliphatic carbocycles. The molecular formula is C10H5F4NO2. The van der Waals surface area contributed by atoms with Crippen LogP contribution >= 0.6 is 0 Å². The number of rotatable bonds is 2. The first-order valence-corrected chi connectivity index (χ1v) is 4.27. The van der Waals surface area contributed by atoms with Gasteiger partial charge in [0.05, 0.1) is 11.6 Å². The fourth-order valence-corrected chi connectivity index (χ4v) is 1.25. The first-order valence-electron chi connectivity index (χ1n) is 4.27. The van der Waals surface area contributed by atoms with Crippen molar-refractivity contribution in [2.24, 2.45) is 0 Å². The summed E-state index contributed by atoms with van der Waals surface area (Å²) in [5, 5.41) is 17.1. The second kappa shape index (κ2) is 4.41. The number of benzene rings is 1. The van der Waals surface area contributed by atoms with Crippen molar-refractivity contribution in [2.45, 2.75) is 12.1 Å². The highest BCUT2D eigenvalue weighted by molar-refractivity contribution is 5.79. The number of halogens is 4. The van der Waals surface area contributed by atoms with E-state index in [1.807, 2.05) is 0 Å². The van der Waals surface area contributed by atoms with Crippen LogP contribution in [0.2, 0.25) is 0 Å². The molecule has 0 aliphatic rings. The molecule has 3 nitrogen and oxygen atoms in total. The van der Waals surface area contributed by atoms with Crippen LogP contribution in [0, 0.1) is 17.1 Å². The lowest BCUT2D eigenvalue weighted by Crippen LogP contribution is -2.15. The van der Waals surface area contributed by atoms with Crippen molar-refractivity contribution in [1.82, 2.24) is 0 Å². The fraction of sp³-hybridized carbons (Fsp3) is 0.200. The maximum Gasteiger partial charge on any atom is 0.419 e. The van der Waals surface area contributed by atoms with Gasteiger partial charge in [0.25, 0.3) is 0 Å². The lowest BCUT2D eigenvalue weighted by atomic mass is 9.97. The smallest absolute Gasteiger partial charge is 0.419 e. The molecule has 0 heterocycles. The molecule has 0 aromatic heterocycles. The first-order chi connectivity index (χ1) is 7.79. The molecule has 17 heavy (non-hydrogen) atoms. The summed E-state index contributed by atoms with van der Waals surface area (Å²) in [6.07, 6.45) is -4.93. The SMILES string of the molecule is N#CC(C(=O)O)c1cccc(C(F)(F)F)c1F. The molecule has 0 saturated carbocycles. The van der Waals surface area contributed by atoms with Gasteiger partial charge >= 0.3 is 12.1 Å². The van der Waals surface area contributed by atoms with Gasteiger partial charge in [0.2, 0.25) is 0 Å². The topological polar surface area (TPSA) is 61.1 Å². The van der Waals surface area contributed by atoms with Crippen LogP contribution in [0.5, 0.6) is 0 Å². The van der Waals surface area contributed by atoms with E-state index in [-0.39, 0.29) is 0 Å². The van der Waals surface area contributed by atoms with Gasteiger partial charge in [-0.3, -0.25) is 4.79 Å². The molecule has 0 amide bonds. The van der Waals surface area contributed by atoms with Gasteiger partial charge in [-0.25, -0.2) is 4.39 Å². The van der Waals surface area contributed by atoms with Crippen LogP contribution < -0.4 is 0 Å². The monoisotopic (exact) mass is 247 g/mol. The highest BCUT2D eigenvalue weighted by atomic mass is 19.4. The molecule has 1 aromatic carbocycles. The molecule has 0 radical (unpaired) electrons. The zero-order valence-electron chi connectivity index (χ0n) is 8.12. The molecule has 1 rings (SSSR count). The summed E-state index contributed by atoms with van der Waals surface area (Å²) >= 11 is 0. The third kappa shape index (κ3) is 2.53. The van der Waals surface area contributed by atoms with E-state index in [1.165, 1.54) is 6.07 Å². The predicted octanol–water partition coefficient (Wildman–Crippen LogP) is 2.54. The maximum atomic E-state index is 13.4. The third-order valence-electron chi connectivity index (χ3n) is 2.02. The molecule has 1 N–H and O–H groups in total. The van der Waals surface area contributed by atoms with Gasteiger partial charge < -0.3 is 5.11 Å². The van der Waals surface area contributed by atoms with Gasteiger partial charge in [-0.05, 0) is 6.07 Å². The Kier molecular flexibility index (Phi) is 3.36. The summed E-state index contributed by atoms with van der Waals surface area (Å²) in [6.45, 7) is 0. The normalized spacial score (nSPS) is 12.9. The Hall–Kier alpha value is -2.10. The maximum absolute atomic E-state index is 13.4. The number of carboxylic acid groups (broad SMARTS) is 1. The minimum absolute atomic E-state index is 0.481. The molecule has 1 aromatic rings. The quantitative estimate of drug-likeness (QED) is 0.817. The van der Waals surface area contributed by atoms with Crippen molar-refractivity contribution in [3.05, 3.63) is 35.1 Å². The summed E-state index contributed by atoms with van der Waals surface area (Å²) in [4.78, 5) is 10.6. The van der Waals surface area contributed by atoms with Crippen molar-refractivity contribution < 1.29 is 27.5 Å². The average Bonchev–Trinajstić information content (AvgIpc) is 2.19. The zero-order chi connectivity index (χ0) is 13.2. The van der Waals surface area contributed by atoms with Crippen LogP contribution in [0.15, 0.2) is 18.2 Å². The molecule has 0 bridgehead atoms. The Morgan fingerprint density at radius 2 is 2.00 bits per heavy atom. The summed E-state index contributed by atoms with van der Waals surface area (Å²) in [7, 11) is 0. The molecule has 0 spiro atoms. The molecule has 0 aliphatic heterocycles. The summed E-state index contributed by atoms with van der Waals surface area (Å²) in [5.74, 6) is -5.39. The Labute approximate surface area is 92.9 Å². The Balaban J connectivity index is 3.39. The van der Waals surface area contributed by atoms with Crippen LogP contribution in [0.1, 0.15) is 17.0 Å². The highest BCUT2D eigenvalue weighted by Crippen LogP contribution is 2.34. The molecule has 90 valence electrons. The van der Waals surface area contributed by atoms with E-state index in [4.69, 9.17) is 10.4 Å². The van der Waals surface area contributed by atoms with Gasteiger partial charge in [-0.15, -0.1) is 0 Å². The predicted molar refractivity (Wildman–Crippen MR) is 47.4 cm³/mol. The summed E-state index contributed by atoms with van der Waals surface area (Å²) in [5.41, 5.74) is -2.38. The van der Waals surface area contributed by atoms with Crippen LogP contribution in [-0.4, -0.2) is 11.1 Å². The van der Waals surface area contributed by atoms with Crippen molar-refractivity contribution in [1.29, 1.82) is 5.26 Å². The molecule has 0 fully saturated rings. The van der Waals surface area contributed by atoms with Crippen LogP contribution in [-0.2, 0) is 11.0 Å². The molecule has 7 heteroatoms. The lowest BCUT2D eigenvalue weighted by molar-refractivity contribution is -0.141. The van der Waals surface area contributed by atoms with Crippen molar-refractivity contribution in [2.75, 3.05) is 0 Å². The summed E-state index contributed by atoms with van der Waals surface area (Å²) in [6, 6.07) is 3.41. The average molecular weight is 247 g/mol. The molecule has 1 unspecified atom stereocenters. The van der Waals surface area contributed by atoms with Gasteiger partial charge in [-0.1, -0.05) is 12.1 Å². The number of aliphatic carboxylic acids is 1. The van der Waals surface area contributed by atoms with Crippen molar-refractivity contribution in [3.8, 4) is 6.07 Å². The van der Waals surface area contributed by atoms with Crippen molar-refractivity contribution in [3.63, 3.8) is 0 Å². The van der Waals surface area contributed by atoms with E-state index in [1.54, 1.807) is 0 Å². The van der Waals surface area contributed by atoms with E-state index in [2.05, 4.69) is 0 Å². The number of hydrogen-bond acceptors (Lipinski definition) is 2. The van der Waals surface area contributed by atoms with Gasteiger partial charge in [-0.2, -0.15) is 18.4 Å². The first kappa shape index (κ1) is 13.0. The van der Waals surface area contributed by atoms with Crippen LogP contribution in [0.3, 0.4) is 0 Å². The van der Waals surface area contributed by atoms with Crippen LogP contribution in [0.4, 0.5) is 17.6 Å². The van der Waals surface area contributed by atoms with Gasteiger partial charge in [0, 0.05) is 5.56 Å². The Morgan fingerprint density at radius 3 is 2.41 bits per heavy atom. The number of carbonyl (C=O) groups is 1. The van der Waals surface area contributed by atoms with Crippen LogP contribution in [0.25, 0.3) is 0 Å². The summed E-state index contributed by atoms with van der Waals surface area (Å²) < 4.78 is 50.4. The third-order valence-corrected chi connectivity index (χ3v) is 2.02. The van der Waals surface area contributed by atoms with Crippen molar-refractivity contribution >= 4 is 5.97 Å². The Bertz CT molecular complexity index is 490. The fourth-order valence-electron chi connectivity index (χ4n) is 1.25. The molecule has 0 saturated heterocycles. The number of carboxylic acids is 1. The number of hydrogen-bond donors (Lipinski definition) is 1. The second-order valence-corrected chi connectivity index (χ2v) is 3.11. The highest BCUT2D eigenvalue weighted by Gasteiger charge is 2.36. The minimum Gasteiger partial charge on any atom is -0.480 e. The van der Waals surface area contributed by atoms with E-state index < -0.39 is 35.0 Å². The van der Waals surface area contributed by atoms with E-state index in [0.29, 0.717) is 6.07 Å². The zero-order valence-corrected chi connectivity index (χ0v) is 8.12. The number of nitrogens with zero attached hydrogens (tertiary/aromatic N) is 1. The lowest BCUT2D eigenvalue weighted by Gasteiger charge is -2.12. The number of nitriles is 1. The molecule has 1 atom stereocenters. The van der Waals surface area contributed by atoms with Gasteiger partial charge in [0.1, 0.15) is 5.82 Å². The van der Waals surface area contributed by atoms with E-state index >= 15 is 0 Å². The minimum atomic E-state index is -4.93. The Morgan fingerprint density at radius 1 is 1.41 bits per heavy atom. The second-order valence-electron chi connectivity index (χ2n) is 3.11. The standard InChI is InChI=1S/C10H5F4NO2/c11-8-5(6(4-15)9(16)17)2-1-3-7(8)10(12,13)14/h1-3,6H,(H,16,17). The number of alkyl halides is 3. The molecular weight excluding hydrogens is 242 g/mol. The largest absolute Gasteiger partial charge is 0.480 e. The van der Waals surface area contributed by atoms with E-state index in [9.17, 15) is 22.4 Å². The van der Waals surface area contributed by atoms with E-state index in [0.717, 1.165) is 12.1 Å². The van der Waals surface area contributed by atoms with Gasteiger partial charge in [0.15, 0.2) is 5.92 Å².